The van der Waals surface area contributed by atoms with Crippen molar-refractivity contribution in [3.8, 4) is 0 Å². The zero-order valence-electron chi connectivity index (χ0n) is 14.9. The van der Waals surface area contributed by atoms with E-state index >= 15 is 0 Å². The molecule has 0 bridgehead atoms. The van der Waals surface area contributed by atoms with E-state index in [1.165, 1.54) is 6.20 Å². The number of hydrogen-bond donors (Lipinski definition) is 1. The topological polar surface area (TPSA) is 109 Å². The van der Waals surface area contributed by atoms with E-state index in [1.807, 2.05) is 45.0 Å². The third-order valence-electron chi connectivity index (χ3n) is 5.03. The van der Waals surface area contributed by atoms with Gasteiger partial charge in [0.05, 0.1) is 12.2 Å². The Balaban J connectivity index is 1.45. The zero-order valence-corrected chi connectivity index (χ0v) is 14.9. The fourth-order valence-corrected chi connectivity index (χ4v) is 3.66. The Labute approximate surface area is 156 Å². The van der Waals surface area contributed by atoms with E-state index in [1.54, 1.807) is 0 Å². The standard InChI is InChI=1S/C18H21N7O2/c19-16(26)15-11-20-17(22-21-15)23-8-4-7-14(12-23)25-10-9-24(18(25)27)13-5-2-1-3-6-13/h1-3,5-6,11,14H,4,7-10,12H2,(H2,19,26). The van der Waals surface area contributed by atoms with E-state index in [0.29, 0.717) is 25.6 Å². The van der Waals surface area contributed by atoms with Crippen molar-refractivity contribution in [2.45, 2.75) is 18.9 Å². The van der Waals surface area contributed by atoms with E-state index in [2.05, 4.69) is 15.2 Å². The van der Waals surface area contributed by atoms with Gasteiger partial charge in [-0.3, -0.25) is 9.69 Å². The molecule has 2 aliphatic rings. The second-order valence-corrected chi connectivity index (χ2v) is 6.71. The number of piperidine rings is 1. The number of carbonyl (C=O) groups is 2. The van der Waals surface area contributed by atoms with Crippen LogP contribution in [0.5, 0.6) is 0 Å². The van der Waals surface area contributed by atoms with E-state index in [0.717, 1.165) is 25.1 Å². The Morgan fingerprint density at radius 2 is 1.93 bits per heavy atom. The Bertz CT molecular complexity index is 827. The maximum Gasteiger partial charge on any atom is 0.324 e. The molecule has 2 aliphatic heterocycles. The lowest BCUT2D eigenvalue weighted by atomic mass is 10.0. The highest BCUT2D eigenvalue weighted by Gasteiger charge is 2.36. The molecule has 140 valence electrons. The van der Waals surface area contributed by atoms with Crippen molar-refractivity contribution in [1.29, 1.82) is 0 Å². The quantitative estimate of drug-likeness (QED) is 0.859. The number of hydrogen-bond acceptors (Lipinski definition) is 6. The Hall–Kier alpha value is -3.23. The molecule has 27 heavy (non-hydrogen) atoms. The highest BCUT2D eigenvalue weighted by molar-refractivity contribution is 5.94. The molecule has 0 radical (unpaired) electrons. The number of rotatable bonds is 4. The van der Waals surface area contributed by atoms with Crippen LogP contribution in [0.25, 0.3) is 0 Å². The molecule has 2 fully saturated rings. The lowest BCUT2D eigenvalue weighted by Crippen LogP contribution is -2.50. The predicted molar refractivity (Wildman–Crippen MR) is 99.5 cm³/mol. The van der Waals surface area contributed by atoms with Gasteiger partial charge in [-0.05, 0) is 25.0 Å². The van der Waals surface area contributed by atoms with Crippen LogP contribution >= 0.6 is 0 Å². The summed E-state index contributed by atoms with van der Waals surface area (Å²) in [6.45, 7) is 2.82. The van der Waals surface area contributed by atoms with Gasteiger partial charge in [-0.25, -0.2) is 9.78 Å². The Kier molecular flexibility index (Phi) is 4.57. The third-order valence-corrected chi connectivity index (χ3v) is 5.03. The monoisotopic (exact) mass is 367 g/mol. The molecule has 0 saturated carbocycles. The molecule has 9 heteroatoms. The van der Waals surface area contributed by atoms with Gasteiger partial charge in [-0.2, -0.15) is 0 Å². The SMILES string of the molecule is NC(=O)c1cnc(N2CCCC(N3CCN(c4ccccc4)C3=O)C2)nn1. The summed E-state index contributed by atoms with van der Waals surface area (Å²) in [5.41, 5.74) is 6.14. The van der Waals surface area contributed by atoms with Gasteiger partial charge in [-0.1, -0.05) is 18.2 Å². The first-order valence-electron chi connectivity index (χ1n) is 9.01. The summed E-state index contributed by atoms with van der Waals surface area (Å²) >= 11 is 0. The largest absolute Gasteiger partial charge is 0.364 e. The van der Waals surface area contributed by atoms with Crippen molar-refractivity contribution in [3.05, 3.63) is 42.2 Å². The fraction of sp³-hybridized carbons (Fsp3) is 0.389. The number of aromatic nitrogens is 3. The first kappa shape index (κ1) is 17.2. The van der Waals surface area contributed by atoms with E-state index in [9.17, 15) is 9.59 Å². The normalized spacial score (nSPS) is 20.2. The van der Waals surface area contributed by atoms with Crippen molar-refractivity contribution < 1.29 is 9.59 Å². The highest BCUT2D eigenvalue weighted by Crippen LogP contribution is 2.26. The molecule has 2 N–H and O–H groups in total. The van der Waals surface area contributed by atoms with Crippen LogP contribution < -0.4 is 15.5 Å². The second-order valence-electron chi connectivity index (χ2n) is 6.71. The van der Waals surface area contributed by atoms with Gasteiger partial charge in [0.15, 0.2) is 5.69 Å². The number of benzene rings is 1. The van der Waals surface area contributed by atoms with Crippen LogP contribution in [0.15, 0.2) is 36.5 Å². The first-order valence-corrected chi connectivity index (χ1v) is 9.01. The van der Waals surface area contributed by atoms with Crippen LogP contribution in [-0.4, -0.2) is 64.2 Å². The molecule has 0 spiro atoms. The molecule has 1 aromatic heterocycles. The maximum atomic E-state index is 12.9. The van der Waals surface area contributed by atoms with Crippen molar-refractivity contribution in [2.75, 3.05) is 36.0 Å². The molecule has 9 nitrogen and oxygen atoms in total. The minimum absolute atomic E-state index is 0.0381. The van der Waals surface area contributed by atoms with Gasteiger partial charge in [-0.15, -0.1) is 10.2 Å². The number of amides is 3. The summed E-state index contributed by atoms with van der Waals surface area (Å²) in [7, 11) is 0. The van der Waals surface area contributed by atoms with Crippen LogP contribution in [0.1, 0.15) is 23.3 Å². The molecular weight excluding hydrogens is 346 g/mol. The summed E-state index contributed by atoms with van der Waals surface area (Å²) < 4.78 is 0. The van der Waals surface area contributed by atoms with Crippen LogP contribution in [0.2, 0.25) is 0 Å². The Morgan fingerprint density at radius 3 is 2.63 bits per heavy atom. The molecule has 1 atom stereocenters. The van der Waals surface area contributed by atoms with Crippen molar-refractivity contribution in [1.82, 2.24) is 20.1 Å². The molecule has 3 amide bonds. The molecule has 4 rings (SSSR count). The molecule has 0 aliphatic carbocycles. The molecule has 3 heterocycles. The first-order chi connectivity index (χ1) is 13.1. The van der Waals surface area contributed by atoms with Crippen LogP contribution in [-0.2, 0) is 0 Å². The number of anilines is 2. The Morgan fingerprint density at radius 1 is 1.11 bits per heavy atom. The van der Waals surface area contributed by atoms with Gasteiger partial charge in [0, 0.05) is 31.9 Å². The lowest BCUT2D eigenvalue weighted by Gasteiger charge is -2.37. The summed E-state index contributed by atoms with van der Waals surface area (Å²) in [5.74, 6) is -0.196. The van der Waals surface area contributed by atoms with Gasteiger partial charge in [0.1, 0.15) is 0 Å². The number of urea groups is 1. The van der Waals surface area contributed by atoms with Crippen LogP contribution in [0.4, 0.5) is 16.4 Å². The molecular formula is C18H21N7O2. The number of nitrogens with zero attached hydrogens (tertiary/aromatic N) is 6. The van der Waals surface area contributed by atoms with E-state index in [-0.39, 0.29) is 17.8 Å². The summed E-state index contributed by atoms with van der Waals surface area (Å²) in [6.07, 6.45) is 3.21. The third kappa shape index (κ3) is 3.40. The van der Waals surface area contributed by atoms with Crippen LogP contribution in [0, 0.1) is 0 Å². The highest BCUT2D eigenvalue weighted by atomic mass is 16.2. The molecule has 2 saturated heterocycles. The number of nitrogens with two attached hydrogens (primary N) is 1. The zero-order chi connectivity index (χ0) is 18.8. The smallest absolute Gasteiger partial charge is 0.324 e. The van der Waals surface area contributed by atoms with Gasteiger partial charge >= 0.3 is 6.03 Å². The molecule has 1 unspecified atom stereocenters. The van der Waals surface area contributed by atoms with E-state index in [4.69, 9.17) is 5.73 Å². The summed E-state index contributed by atoms with van der Waals surface area (Å²) in [5, 5.41) is 7.84. The van der Waals surface area contributed by atoms with Crippen molar-refractivity contribution >= 4 is 23.6 Å². The maximum absolute atomic E-state index is 12.9. The van der Waals surface area contributed by atoms with Gasteiger partial charge < -0.3 is 15.5 Å². The molecule has 2 aromatic rings. The van der Waals surface area contributed by atoms with Crippen LogP contribution in [0.3, 0.4) is 0 Å². The lowest BCUT2D eigenvalue weighted by molar-refractivity contribution is 0.0994. The predicted octanol–water partition coefficient (Wildman–Crippen LogP) is 0.881. The average molecular weight is 367 g/mol. The van der Waals surface area contributed by atoms with Gasteiger partial charge in [0.25, 0.3) is 5.91 Å². The number of primary amides is 1. The minimum atomic E-state index is -0.651. The number of carbonyl (C=O) groups excluding carboxylic acids is 2. The number of para-hydroxylation sites is 1. The van der Waals surface area contributed by atoms with E-state index < -0.39 is 5.91 Å². The van der Waals surface area contributed by atoms with Crippen molar-refractivity contribution in [2.24, 2.45) is 5.73 Å². The van der Waals surface area contributed by atoms with Crippen molar-refractivity contribution in [3.63, 3.8) is 0 Å². The fourth-order valence-electron chi connectivity index (χ4n) is 3.66. The van der Waals surface area contributed by atoms with Gasteiger partial charge in [0.2, 0.25) is 5.95 Å². The average Bonchev–Trinajstić information content (AvgIpc) is 3.10. The summed E-state index contributed by atoms with van der Waals surface area (Å²) in [4.78, 5) is 34.0. The molecule has 1 aromatic carbocycles. The second kappa shape index (κ2) is 7.18. The minimum Gasteiger partial charge on any atom is -0.364 e. The summed E-state index contributed by atoms with van der Waals surface area (Å²) in [6, 6.07) is 9.86.